The van der Waals surface area contributed by atoms with E-state index in [4.69, 9.17) is 9.47 Å². The van der Waals surface area contributed by atoms with Crippen molar-refractivity contribution in [1.29, 1.82) is 0 Å². The average molecular weight is 300 g/mol. The number of ether oxygens (including phenoxy) is 2. The van der Waals surface area contributed by atoms with Gasteiger partial charge in [-0.2, -0.15) is 0 Å². The summed E-state index contributed by atoms with van der Waals surface area (Å²) < 4.78 is 10.8. The minimum absolute atomic E-state index is 0.723. The Morgan fingerprint density at radius 1 is 1.19 bits per heavy atom. The zero-order valence-electron chi connectivity index (χ0n) is 11.9. The molecule has 1 aromatic carbocycles. The number of methoxy groups -OCH3 is 2. The van der Waals surface area contributed by atoms with Crippen LogP contribution in [-0.4, -0.2) is 24.2 Å². The molecule has 2 heterocycles. The number of thiophene rings is 1. The third-order valence-corrected chi connectivity index (χ3v) is 4.21. The summed E-state index contributed by atoms with van der Waals surface area (Å²) in [5.74, 6) is 2.41. The van der Waals surface area contributed by atoms with E-state index in [-0.39, 0.29) is 0 Å². The SMILES string of the molecule is COc1cc(Cc2ncc[nH]2)c(-c2cccs2)cc1OC. The standard InChI is InChI=1S/C16H16N2O2S/c1-19-13-8-11(9-16-17-5-6-18-16)12(10-14(13)20-2)15-4-3-7-21-15/h3-8,10H,9H2,1-2H3,(H,17,18). The molecule has 2 aromatic heterocycles. The lowest BCUT2D eigenvalue weighted by molar-refractivity contribution is 0.355. The van der Waals surface area contributed by atoms with Crippen molar-refractivity contribution in [1.82, 2.24) is 9.97 Å². The highest BCUT2D eigenvalue weighted by atomic mass is 32.1. The highest BCUT2D eigenvalue weighted by Crippen LogP contribution is 2.38. The molecule has 0 spiro atoms. The van der Waals surface area contributed by atoms with Gasteiger partial charge < -0.3 is 14.5 Å². The maximum atomic E-state index is 5.42. The van der Waals surface area contributed by atoms with Crippen molar-refractivity contribution < 1.29 is 9.47 Å². The third kappa shape index (κ3) is 2.78. The van der Waals surface area contributed by atoms with Crippen LogP contribution in [0.1, 0.15) is 11.4 Å². The summed E-state index contributed by atoms with van der Waals surface area (Å²) in [7, 11) is 3.31. The Labute approximate surface area is 127 Å². The molecule has 0 aliphatic heterocycles. The number of imidazole rings is 1. The predicted molar refractivity (Wildman–Crippen MR) is 84.3 cm³/mol. The Morgan fingerprint density at radius 3 is 2.62 bits per heavy atom. The maximum Gasteiger partial charge on any atom is 0.161 e. The first kappa shape index (κ1) is 13.7. The maximum absolute atomic E-state index is 5.42. The van der Waals surface area contributed by atoms with E-state index in [2.05, 4.69) is 21.4 Å². The molecule has 0 fully saturated rings. The number of H-pyrrole nitrogens is 1. The molecule has 0 aliphatic carbocycles. The molecule has 4 nitrogen and oxygen atoms in total. The fourth-order valence-corrected chi connectivity index (χ4v) is 3.08. The molecule has 0 saturated heterocycles. The van der Waals surface area contributed by atoms with Gasteiger partial charge in [0.05, 0.1) is 14.2 Å². The van der Waals surface area contributed by atoms with Crippen molar-refractivity contribution >= 4 is 11.3 Å². The van der Waals surface area contributed by atoms with Crippen LogP contribution in [0.25, 0.3) is 10.4 Å². The zero-order chi connectivity index (χ0) is 14.7. The molecule has 3 aromatic rings. The van der Waals surface area contributed by atoms with Gasteiger partial charge in [-0.3, -0.25) is 0 Å². The molecule has 0 unspecified atom stereocenters. The molecule has 0 amide bonds. The summed E-state index contributed by atoms with van der Waals surface area (Å²) in [4.78, 5) is 8.66. The molecule has 0 aliphatic rings. The largest absolute Gasteiger partial charge is 0.493 e. The molecule has 0 radical (unpaired) electrons. The number of nitrogens with zero attached hydrogens (tertiary/aromatic N) is 1. The highest BCUT2D eigenvalue weighted by molar-refractivity contribution is 7.13. The topological polar surface area (TPSA) is 47.1 Å². The lowest BCUT2D eigenvalue weighted by Crippen LogP contribution is -1.98. The summed E-state index contributed by atoms with van der Waals surface area (Å²) in [6.07, 6.45) is 4.32. The van der Waals surface area contributed by atoms with Gasteiger partial charge in [0.1, 0.15) is 5.82 Å². The van der Waals surface area contributed by atoms with Crippen molar-refractivity contribution in [3.05, 3.63) is 53.4 Å². The molecule has 108 valence electrons. The number of aromatic amines is 1. The molecule has 5 heteroatoms. The van der Waals surface area contributed by atoms with Crippen LogP contribution in [-0.2, 0) is 6.42 Å². The van der Waals surface area contributed by atoms with Crippen LogP contribution < -0.4 is 9.47 Å². The summed E-state index contributed by atoms with van der Waals surface area (Å²) in [5, 5.41) is 2.07. The van der Waals surface area contributed by atoms with Gasteiger partial charge in [0.2, 0.25) is 0 Å². The summed E-state index contributed by atoms with van der Waals surface area (Å²) >= 11 is 1.71. The molecule has 0 saturated carbocycles. The quantitative estimate of drug-likeness (QED) is 0.780. The van der Waals surface area contributed by atoms with Gasteiger partial charge in [0, 0.05) is 23.7 Å². The minimum atomic E-state index is 0.723. The Hall–Kier alpha value is -2.27. The normalized spacial score (nSPS) is 10.6. The van der Waals surface area contributed by atoms with Gasteiger partial charge in [0.15, 0.2) is 11.5 Å². The second-order valence-corrected chi connectivity index (χ2v) is 5.50. The summed E-state index contributed by atoms with van der Waals surface area (Å²) in [5.41, 5.74) is 2.31. The lowest BCUT2D eigenvalue weighted by atomic mass is 10.0. The number of rotatable bonds is 5. The second-order valence-electron chi connectivity index (χ2n) is 4.55. The van der Waals surface area contributed by atoms with Gasteiger partial charge in [-0.15, -0.1) is 11.3 Å². The fraction of sp³-hybridized carbons (Fsp3) is 0.188. The average Bonchev–Trinajstić information content (AvgIpc) is 3.20. The zero-order valence-corrected chi connectivity index (χ0v) is 12.7. The van der Waals surface area contributed by atoms with Crippen LogP contribution in [0.15, 0.2) is 42.0 Å². The molecular formula is C16H16N2O2S. The molecule has 21 heavy (non-hydrogen) atoms. The van der Waals surface area contributed by atoms with E-state index in [0.29, 0.717) is 0 Å². The molecule has 0 bridgehead atoms. The van der Waals surface area contributed by atoms with Crippen molar-refractivity contribution in [3.8, 4) is 21.9 Å². The van der Waals surface area contributed by atoms with Gasteiger partial charge in [0.25, 0.3) is 0 Å². The monoisotopic (exact) mass is 300 g/mol. The predicted octanol–water partition coefficient (Wildman–Crippen LogP) is 3.75. The van der Waals surface area contributed by atoms with Gasteiger partial charge in [-0.1, -0.05) is 6.07 Å². The molecular weight excluding hydrogens is 284 g/mol. The van der Waals surface area contributed by atoms with Crippen LogP contribution in [0.5, 0.6) is 11.5 Å². The van der Waals surface area contributed by atoms with E-state index < -0.39 is 0 Å². The van der Waals surface area contributed by atoms with Crippen molar-refractivity contribution in [2.45, 2.75) is 6.42 Å². The first-order chi connectivity index (χ1) is 10.3. The smallest absolute Gasteiger partial charge is 0.161 e. The van der Waals surface area contributed by atoms with E-state index >= 15 is 0 Å². The van der Waals surface area contributed by atoms with Gasteiger partial charge in [-0.25, -0.2) is 4.98 Å². The minimum Gasteiger partial charge on any atom is -0.493 e. The second kappa shape index (κ2) is 6.01. The Kier molecular flexibility index (Phi) is 3.92. The van der Waals surface area contributed by atoms with Crippen LogP contribution >= 0.6 is 11.3 Å². The van der Waals surface area contributed by atoms with Crippen LogP contribution in [0.4, 0.5) is 0 Å². The Bertz CT molecular complexity index is 706. The van der Waals surface area contributed by atoms with E-state index in [1.165, 1.54) is 4.88 Å². The van der Waals surface area contributed by atoms with Crippen LogP contribution in [0.2, 0.25) is 0 Å². The summed E-state index contributed by atoms with van der Waals surface area (Å²) in [6.45, 7) is 0. The van der Waals surface area contributed by atoms with Gasteiger partial charge in [-0.05, 0) is 34.7 Å². The molecule has 1 N–H and O–H groups in total. The van der Waals surface area contributed by atoms with Crippen molar-refractivity contribution in [3.63, 3.8) is 0 Å². The molecule has 3 rings (SSSR count). The van der Waals surface area contributed by atoms with E-state index in [9.17, 15) is 0 Å². The number of nitrogens with one attached hydrogen (secondary N) is 1. The van der Waals surface area contributed by atoms with E-state index in [0.717, 1.165) is 34.9 Å². The first-order valence-corrected chi connectivity index (χ1v) is 7.47. The Balaban J connectivity index is 2.10. The van der Waals surface area contributed by atoms with Gasteiger partial charge >= 0.3 is 0 Å². The van der Waals surface area contributed by atoms with E-state index in [1.807, 2.05) is 24.4 Å². The van der Waals surface area contributed by atoms with Crippen molar-refractivity contribution in [2.75, 3.05) is 14.2 Å². The fourth-order valence-electron chi connectivity index (χ4n) is 2.30. The third-order valence-electron chi connectivity index (χ3n) is 3.31. The molecule has 0 atom stereocenters. The number of hydrogen-bond donors (Lipinski definition) is 1. The van der Waals surface area contributed by atoms with Crippen LogP contribution in [0.3, 0.4) is 0 Å². The number of hydrogen-bond acceptors (Lipinski definition) is 4. The highest BCUT2D eigenvalue weighted by Gasteiger charge is 2.14. The summed E-state index contributed by atoms with van der Waals surface area (Å²) in [6, 6.07) is 8.21. The Morgan fingerprint density at radius 2 is 2.00 bits per heavy atom. The number of aromatic nitrogens is 2. The van der Waals surface area contributed by atoms with Crippen LogP contribution in [0, 0.1) is 0 Å². The van der Waals surface area contributed by atoms with Crippen molar-refractivity contribution in [2.24, 2.45) is 0 Å². The first-order valence-electron chi connectivity index (χ1n) is 6.59. The lowest BCUT2D eigenvalue weighted by Gasteiger charge is -2.13. The number of benzene rings is 1. The van der Waals surface area contributed by atoms with E-state index in [1.54, 1.807) is 31.8 Å².